The molecule has 0 aromatic rings. The Labute approximate surface area is 290 Å². The Morgan fingerprint density at radius 2 is 0.894 bits per heavy atom. The van der Waals surface area contributed by atoms with Gasteiger partial charge in [0, 0.05) is 0 Å². The lowest BCUT2D eigenvalue weighted by atomic mass is 10.00. The van der Waals surface area contributed by atoms with Gasteiger partial charge in [-0.2, -0.15) is 0 Å². The Hall–Kier alpha value is -1.47. The number of allylic oxidation sites excluding steroid dienone is 6. The van der Waals surface area contributed by atoms with E-state index in [0.717, 1.165) is 51.4 Å². The molecule has 47 heavy (non-hydrogen) atoms. The molecule has 0 aliphatic heterocycles. The van der Waals surface area contributed by atoms with Gasteiger partial charge in [0.15, 0.2) is 0 Å². The molecule has 6 nitrogen and oxygen atoms in total. The number of hydrogen-bond acceptors (Lipinski definition) is 5. The molecule has 0 heterocycles. The lowest BCUT2D eigenvalue weighted by molar-refractivity contribution is -0.132. The molecule has 0 aliphatic rings. The van der Waals surface area contributed by atoms with Gasteiger partial charge in [-0.1, -0.05) is 147 Å². The van der Waals surface area contributed by atoms with Crippen molar-refractivity contribution in [3.05, 3.63) is 36.5 Å². The average Bonchev–Trinajstić information content (AvgIpc) is 3.07. The van der Waals surface area contributed by atoms with Crippen LogP contribution in [-0.2, 0) is 4.79 Å². The monoisotopic (exact) mass is 664 g/mol. The van der Waals surface area contributed by atoms with E-state index in [1.54, 1.807) is 0 Å². The third kappa shape index (κ3) is 30.3. The lowest BCUT2D eigenvalue weighted by Crippen LogP contribution is -2.53. The Kier molecular flexibility index (Phi) is 34.7. The fourth-order valence-corrected chi connectivity index (χ4v) is 5.82. The Bertz CT molecular complexity index is 752. The molecule has 0 rings (SSSR count). The average molecular weight is 664 g/mol. The zero-order chi connectivity index (χ0) is 34.6. The number of unbranched alkanes of at least 4 members (excludes halogenated alkanes) is 20. The first kappa shape index (κ1) is 45.5. The highest BCUT2D eigenvalue weighted by molar-refractivity contribution is 5.80. The van der Waals surface area contributed by atoms with E-state index in [1.165, 1.54) is 103 Å². The van der Waals surface area contributed by atoms with E-state index >= 15 is 0 Å². The van der Waals surface area contributed by atoms with Gasteiger partial charge >= 0.3 is 0 Å². The molecule has 0 saturated heterocycles. The van der Waals surface area contributed by atoms with Crippen molar-refractivity contribution in [2.75, 3.05) is 6.61 Å². The maximum Gasteiger partial charge on any atom is 0.249 e. The Balaban J connectivity index is 3.87. The topological polar surface area (TPSA) is 110 Å². The van der Waals surface area contributed by atoms with Gasteiger partial charge in [-0.3, -0.25) is 4.79 Å². The molecule has 4 atom stereocenters. The van der Waals surface area contributed by atoms with Crippen molar-refractivity contribution < 1.29 is 25.2 Å². The summed E-state index contributed by atoms with van der Waals surface area (Å²) >= 11 is 0. The van der Waals surface area contributed by atoms with Gasteiger partial charge in [0.25, 0.3) is 0 Å². The first-order valence-electron chi connectivity index (χ1n) is 19.9. The van der Waals surface area contributed by atoms with Gasteiger partial charge in [-0.05, 0) is 77.0 Å². The van der Waals surface area contributed by atoms with E-state index in [4.69, 9.17) is 0 Å². The first-order chi connectivity index (χ1) is 23.0. The molecule has 0 aliphatic carbocycles. The summed E-state index contributed by atoms with van der Waals surface area (Å²) < 4.78 is 0. The van der Waals surface area contributed by atoms with Crippen LogP contribution in [0.1, 0.15) is 187 Å². The number of amides is 1. The van der Waals surface area contributed by atoms with Crippen LogP contribution in [0.4, 0.5) is 0 Å². The highest BCUT2D eigenvalue weighted by atomic mass is 16.3. The van der Waals surface area contributed by atoms with Crippen molar-refractivity contribution in [1.29, 1.82) is 0 Å². The second kappa shape index (κ2) is 35.8. The summed E-state index contributed by atoms with van der Waals surface area (Å²) in [4.78, 5) is 12.5. The van der Waals surface area contributed by atoms with Crippen LogP contribution in [-0.4, -0.2) is 57.3 Å². The highest BCUT2D eigenvalue weighted by Gasteiger charge is 2.28. The summed E-state index contributed by atoms with van der Waals surface area (Å²) in [5.74, 6) is -0.608. The molecule has 276 valence electrons. The highest BCUT2D eigenvalue weighted by Crippen LogP contribution is 2.13. The third-order valence-corrected chi connectivity index (χ3v) is 9.05. The molecular weight excluding hydrogens is 586 g/mol. The quantitative estimate of drug-likeness (QED) is 0.0343. The number of carbonyl (C=O) groups is 1. The fraction of sp³-hybridized carbons (Fsp3) is 0.829. The van der Waals surface area contributed by atoms with Crippen molar-refractivity contribution in [3.63, 3.8) is 0 Å². The molecule has 0 aromatic heterocycles. The Morgan fingerprint density at radius 1 is 0.511 bits per heavy atom. The predicted molar refractivity (Wildman–Crippen MR) is 200 cm³/mol. The number of carbonyl (C=O) groups excluding carboxylic acids is 1. The SMILES string of the molecule is CCCCCCC/C=C/CC/C=C/CCCC(O)C(O)C(CO)NC(=O)C(O)CCCCCC/C=C\CCCCCCCCCCC. The molecule has 0 radical (unpaired) electrons. The van der Waals surface area contributed by atoms with Gasteiger partial charge in [0.05, 0.1) is 18.8 Å². The maximum atomic E-state index is 12.5. The van der Waals surface area contributed by atoms with Gasteiger partial charge in [0.2, 0.25) is 5.91 Å². The Morgan fingerprint density at radius 3 is 1.34 bits per heavy atom. The van der Waals surface area contributed by atoms with Crippen molar-refractivity contribution in [2.45, 2.75) is 212 Å². The molecule has 0 spiro atoms. The second-order valence-electron chi connectivity index (χ2n) is 13.6. The van der Waals surface area contributed by atoms with Crippen LogP contribution < -0.4 is 5.32 Å². The van der Waals surface area contributed by atoms with Crippen LogP contribution in [0, 0.1) is 0 Å². The predicted octanol–water partition coefficient (Wildman–Crippen LogP) is 9.79. The van der Waals surface area contributed by atoms with Gasteiger partial charge < -0.3 is 25.7 Å². The lowest BCUT2D eigenvalue weighted by Gasteiger charge is -2.27. The van der Waals surface area contributed by atoms with Crippen LogP contribution in [0.25, 0.3) is 0 Å². The van der Waals surface area contributed by atoms with Crippen LogP contribution in [0.3, 0.4) is 0 Å². The van der Waals surface area contributed by atoms with Crippen molar-refractivity contribution in [3.8, 4) is 0 Å². The van der Waals surface area contributed by atoms with Crippen LogP contribution in [0.2, 0.25) is 0 Å². The number of nitrogens with one attached hydrogen (secondary N) is 1. The van der Waals surface area contributed by atoms with Crippen LogP contribution >= 0.6 is 0 Å². The minimum atomic E-state index is -1.29. The van der Waals surface area contributed by atoms with E-state index in [-0.39, 0.29) is 0 Å². The summed E-state index contributed by atoms with van der Waals surface area (Å²) in [6.45, 7) is 4.00. The molecule has 4 unspecified atom stereocenters. The molecule has 0 saturated carbocycles. The maximum absolute atomic E-state index is 12.5. The van der Waals surface area contributed by atoms with Crippen LogP contribution in [0.5, 0.6) is 0 Å². The van der Waals surface area contributed by atoms with Crippen molar-refractivity contribution in [1.82, 2.24) is 5.32 Å². The molecule has 0 fully saturated rings. The summed E-state index contributed by atoms with van der Waals surface area (Å²) in [5, 5.41) is 43.5. The van der Waals surface area contributed by atoms with Gasteiger partial charge in [-0.15, -0.1) is 0 Å². The standard InChI is InChI=1S/C41H77NO5/c1-3-5-7-9-11-13-15-17-19-20-21-23-25-27-29-31-33-35-39(45)41(47)42-37(36-43)40(46)38(44)34-32-30-28-26-24-22-18-16-14-12-10-8-6-4-2/h16,18,21,23,26,28,37-40,43-46H,3-15,17,19-20,22,24-25,27,29-36H2,1-2H3,(H,42,47)/b18-16+,23-21-,28-26+. The fourth-order valence-electron chi connectivity index (χ4n) is 5.82. The largest absolute Gasteiger partial charge is 0.394 e. The molecule has 0 bridgehead atoms. The minimum absolute atomic E-state index is 0.345. The van der Waals surface area contributed by atoms with E-state index in [2.05, 4.69) is 55.6 Å². The normalized spacial score (nSPS) is 14.8. The first-order valence-corrected chi connectivity index (χ1v) is 19.9. The number of hydrogen-bond donors (Lipinski definition) is 5. The summed E-state index contributed by atoms with van der Waals surface area (Å²) in [6, 6.07) is -1.01. The van der Waals surface area contributed by atoms with Crippen LogP contribution in [0.15, 0.2) is 36.5 Å². The molecule has 5 N–H and O–H groups in total. The second-order valence-corrected chi connectivity index (χ2v) is 13.6. The molecular formula is C41H77NO5. The van der Waals surface area contributed by atoms with Crippen molar-refractivity contribution in [2.24, 2.45) is 0 Å². The van der Waals surface area contributed by atoms with E-state index in [9.17, 15) is 25.2 Å². The van der Waals surface area contributed by atoms with Crippen molar-refractivity contribution >= 4 is 5.91 Å². The molecule has 1 amide bonds. The number of rotatable bonds is 35. The molecule has 6 heteroatoms. The van der Waals surface area contributed by atoms with E-state index < -0.39 is 36.9 Å². The summed E-state index contributed by atoms with van der Waals surface area (Å²) in [6.07, 6.45) is 40.2. The minimum Gasteiger partial charge on any atom is -0.394 e. The summed E-state index contributed by atoms with van der Waals surface area (Å²) in [5.41, 5.74) is 0. The zero-order valence-electron chi connectivity index (χ0n) is 30.8. The van der Waals surface area contributed by atoms with E-state index in [1.807, 2.05) is 0 Å². The number of aliphatic hydroxyl groups is 4. The summed E-state index contributed by atoms with van der Waals surface area (Å²) in [7, 11) is 0. The zero-order valence-corrected chi connectivity index (χ0v) is 30.8. The van der Waals surface area contributed by atoms with Gasteiger partial charge in [-0.25, -0.2) is 0 Å². The number of aliphatic hydroxyl groups excluding tert-OH is 4. The third-order valence-electron chi connectivity index (χ3n) is 9.05. The molecule has 0 aromatic carbocycles. The van der Waals surface area contributed by atoms with Gasteiger partial charge in [0.1, 0.15) is 12.2 Å². The van der Waals surface area contributed by atoms with E-state index in [0.29, 0.717) is 19.3 Å². The smallest absolute Gasteiger partial charge is 0.249 e.